The minimum atomic E-state index is -4.63. The van der Waals surface area contributed by atoms with Crippen molar-refractivity contribution < 1.29 is 18.0 Å². The molecule has 0 unspecified atom stereocenters. The predicted molar refractivity (Wildman–Crippen MR) is 111 cm³/mol. The number of rotatable bonds is 2. The number of pyridine rings is 1. The largest absolute Gasteiger partial charge is 0.417 e. The molecule has 0 bridgehead atoms. The van der Waals surface area contributed by atoms with E-state index in [4.69, 9.17) is 11.6 Å². The smallest absolute Gasteiger partial charge is 0.281 e. The monoisotopic (exact) mass is 498 g/mol. The van der Waals surface area contributed by atoms with E-state index in [-0.39, 0.29) is 5.88 Å². The Morgan fingerprint density at radius 2 is 1.83 bits per heavy atom. The Hall–Kier alpha value is -2.03. The summed E-state index contributed by atoms with van der Waals surface area (Å²) in [4.78, 5) is 19.5. The van der Waals surface area contributed by atoms with Gasteiger partial charge in [-0.15, -0.1) is 0 Å². The number of amides is 1. The quantitative estimate of drug-likeness (QED) is 0.385. The number of nitrogens with zero attached hydrogens (tertiary/aromatic N) is 2. The SMILES string of the molecule is O=C(c1ccccc1C(F)(F)F)N1CSc2cc(Br)c(-c3ccccc3Cl)nc21. The molecular formula is C20H11BrClF3N2OS. The summed E-state index contributed by atoms with van der Waals surface area (Å²) in [6.07, 6.45) is -4.63. The van der Waals surface area contributed by atoms with Crippen LogP contribution >= 0.6 is 39.3 Å². The Labute approximate surface area is 182 Å². The Bertz CT molecular complexity index is 1120. The maximum absolute atomic E-state index is 13.4. The third-order valence-electron chi connectivity index (χ3n) is 4.36. The van der Waals surface area contributed by atoms with Gasteiger partial charge in [0, 0.05) is 15.1 Å². The first-order chi connectivity index (χ1) is 13.8. The van der Waals surface area contributed by atoms with Crippen LogP contribution in [-0.2, 0) is 6.18 Å². The number of thioether (sulfide) groups is 1. The van der Waals surface area contributed by atoms with Crippen molar-refractivity contribution >= 4 is 51.0 Å². The van der Waals surface area contributed by atoms with Crippen molar-refractivity contribution in [1.82, 2.24) is 4.98 Å². The second-order valence-electron chi connectivity index (χ2n) is 6.17. The van der Waals surface area contributed by atoms with Crippen molar-refractivity contribution in [3.05, 3.63) is 75.2 Å². The lowest BCUT2D eigenvalue weighted by Crippen LogP contribution is -2.30. The van der Waals surface area contributed by atoms with E-state index >= 15 is 0 Å². The molecule has 0 aliphatic carbocycles. The third kappa shape index (κ3) is 3.76. The molecule has 29 heavy (non-hydrogen) atoms. The molecule has 1 aromatic heterocycles. The molecular weight excluding hydrogens is 489 g/mol. The van der Waals surface area contributed by atoms with Crippen LogP contribution in [0, 0.1) is 0 Å². The molecule has 4 rings (SSSR count). The van der Waals surface area contributed by atoms with E-state index in [1.54, 1.807) is 30.3 Å². The van der Waals surface area contributed by atoms with Gasteiger partial charge in [-0.2, -0.15) is 13.2 Å². The molecule has 148 valence electrons. The zero-order valence-corrected chi connectivity index (χ0v) is 17.7. The first-order valence-corrected chi connectivity index (χ1v) is 10.5. The van der Waals surface area contributed by atoms with E-state index in [0.717, 1.165) is 6.07 Å². The fourth-order valence-corrected chi connectivity index (χ4v) is 4.92. The molecule has 9 heteroatoms. The number of anilines is 1. The van der Waals surface area contributed by atoms with E-state index in [1.807, 2.05) is 0 Å². The Kier molecular flexibility index (Phi) is 5.35. The average Bonchev–Trinajstić information content (AvgIpc) is 3.09. The molecule has 0 fully saturated rings. The number of fused-ring (bicyclic) bond motifs is 1. The molecule has 0 N–H and O–H groups in total. The molecule has 2 heterocycles. The van der Waals surface area contributed by atoms with Gasteiger partial charge < -0.3 is 0 Å². The van der Waals surface area contributed by atoms with Crippen LogP contribution in [0.3, 0.4) is 0 Å². The molecule has 3 aromatic rings. The Balaban J connectivity index is 1.79. The summed E-state index contributed by atoms with van der Waals surface area (Å²) >= 11 is 11.1. The molecule has 0 saturated carbocycles. The molecule has 0 radical (unpaired) electrons. The van der Waals surface area contributed by atoms with Crippen LogP contribution in [0.25, 0.3) is 11.3 Å². The Morgan fingerprint density at radius 3 is 2.55 bits per heavy atom. The van der Waals surface area contributed by atoms with Crippen molar-refractivity contribution in [2.75, 3.05) is 10.8 Å². The second kappa shape index (κ2) is 7.66. The minimum Gasteiger partial charge on any atom is -0.281 e. The number of carbonyl (C=O) groups is 1. The van der Waals surface area contributed by atoms with E-state index in [2.05, 4.69) is 20.9 Å². The summed E-state index contributed by atoms with van der Waals surface area (Å²) < 4.78 is 40.8. The average molecular weight is 500 g/mol. The van der Waals surface area contributed by atoms with Crippen LogP contribution in [0.1, 0.15) is 15.9 Å². The molecule has 3 nitrogen and oxygen atoms in total. The highest BCUT2D eigenvalue weighted by Crippen LogP contribution is 2.44. The molecule has 0 spiro atoms. The maximum Gasteiger partial charge on any atom is 0.417 e. The van der Waals surface area contributed by atoms with E-state index < -0.39 is 23.2 Å². The zero-order chi connectivity index (χ0) is 20.8. The minimum absolute atomic E-state index is 0.172. The number of hydrogen-bond donors (Lipinski definition) is 0. The number of aromatic nitrogens is 1. The van der Waals surface area contributed by atoms with Crippen LogP contribution in [-0.4, -0.2) is 16.8 Å². The molecule has 2 aromatic carbocycles. The normalized spacial score (nSPS) is 13.5. The van der Waals surface area contributed by atoms with Gasteiger partial charge in [-0.25, -0.2) is 4.98 Å². The fourth-order valence-electron chi connectivity index (χ4n) is 3.02. The van der Waals surface area contributed by atoms with Crippen LogP contribution in [0.4, 0.5) is 19.0 Å². The van der Waals surface area contributed by atoms with Crippen molar-refractivity contribution in [2.45, 2.75) is 11.1 Å². The topological polar surface area (TPSA) is 33.2 Å². The third-order valence-corrected chi connectivity index (χ3v) is 6.30. The summed E-state index contributed by atoms with van der Waals surface area (Å²) in [5, 5.41) is 0.478. The van der Waals surface area contributed by atoms with Gasteiger partial charge in [0.25, 0.3) is 5.91 Å². The van der Waals surface area contributed by atoms with Crippen LogP contribution in [0.2, 0.25) is 5.02 Å². The van der Waals surface area contributed by atoms with Gasteiger partial charge in [0.15, 0.2) is 5.82 Å². The number of halogens is 5. The van der Waals surface area contributed by atoms with E-state index in [0.29, 0.717) is 31.5 Å². The number of hydrogen-bond acceptors (Lipinski definition) is 3. The number of alkyl halides is 3. The van der Waals surface area contributed by atoms with Crippen LogP contribution < -0.4 is 4.90 Å². The molecule has 0 atom stereocenters. The van der Waals surface area contributed by atoms with Gasteiger partial charge >= 0.3 is 6.18 Å². The predicted octanol–water partition coefficient (Wildman–Crippen LogP) is 6.89. The van der Waals surface area contributed by atoms with Crippen molar-refractivity contribution in [1.29, 1.82) is 0 Å². The lowest BCUT2D eigenvalue weighted by atomic mass is 10.1. The fraction of sp³-hybridized carbons (Fsp3) is 0.100. The van der Waals surface area contributed by atoms with Gasteiger partial charge in [-0.3, -0.25) is 9.69 Å². The van der Waals surface area contributed by atoms with Crippen LogP contribution in [0.5, 0.6) is 0 Å². The van der Waals surface area contributed by atoms with Gasteiger partial charge in [0.1, 0.15) is 0 Å². The lowest BCUT2D eigenvalue weighted by Gasteiger charge is -2.19. The highest BCUT2D eigenvalue weighted by Gasteiger charge is 2.38. The lowest BCUT2D eigenvalue weighted by molar-refractivity contribution is -0.137. The van der Waals surface area contributed by atoms with Crippen molar-refractivity contribution in [3.63, 3.8) is 0 Å². The van der Waals surface area contributed by atoms with Gasteiger partial charge in [-0.05, 0) is 40.2 Å². The van der Waals surface area contributed by atoms with Gasteiger partial charge in [0.05, 0.1) is 27.6 Å². The second-order valence-corrected chi connectivity index (χ2v) is 8.42. The van der Waals surface area contributed by atoms with E-state index in [1.165, 1.54) is 34.9 Å². The number of benzene rings is 2. The zero-order valence-electron chi connectivity index (χ0n) is 14.5. The first-order valence-electron chi connectivity index (χ1n) is 8.33. The highest BCUT2D eigenvalue weighted by molar-refractivity contribution is 9.10. The summed E-state index contributed by atoms with van der Waals surface area (Å²) in [7, 11) is 0. The van der Waals surface area contributed by atoms with Gasteiger partial charge in [-0.1, -0.05) is 53.7 Å². The van der Waals surface area contributed by atoms with E-state index in [9.17, 15) is 18.0 Å². The maximum atomic E-state index is 13.4. The molecule has 1 aliphatic rings. The summed E-state index contributed by atoms with van der Waals surface area (Å²) in [5.74, 6) is -0.259. The molecule has 1 aliphatic heterocycles. The molecule has 0 saturated heterocycles. The van der Waals surface area contributed by atoms with Crippen molar-refractivity contribution in [2.24, 2.45) is 0 Å². The van der Waals surface area contributed by atoms with Gasteiger partial charge in [0.2, 0.25) is 0 Å². The summed E-state index contributed by atoms with van der Waals surface area (Å²) in [5.41, 5.74) is -0.202. The summed E-state index contributed by atoms with van der Waals surface area (Å²) in [6, 6.07) is 13.7. The Morgan fingerprint density at radius 1 is 1.14 bits per heavy atom. The first kappa shape index (κ1) is 20.3. The van der Waals surface area contributed by atoms with Crippen molar-refractivity contribution in [3.8, 4) is 11.3 Å². The number of carbonyl (C=O) groups excluding carboxylic acids is 1. The summed E-state index contributed by atoms with van der Waals surface area (Å²) in [6.45, 7) is 0. The standard InChI is InChI=1S/C20H11BrClF3N2OS/c21-14-9-16-18(26-17(14)12-6-2-4-8-15(12)22)27(10-29-16)19(28)11-5-1-3-7-13(11)20(23,24)25/h1-9H,10H2. The molecule has 1 amide bonds. The highest BCUT2D eigenvalue weighted by atomic mass is 79.9. The van der Waals surface area contributed by atoms with Crippen LogP contribution in [0.15, 0.2) is 64.0 Å².